The van der Waals surface area contributed by atoms with Gasteiger partial charge in [-0.2, -0.15) is 0 Å². The minimum absolute atomic E-state index is 0.0905. The van der Waals surface area contributed by atoms with Gasteiger partial charge in [0.1, 0.15) is 0 Å². The van der Waals surface area contributed by atoms with E-state index in [1.54, 1.807) is 24.3 Å². The molecule has 0 aliphatic rings. The summed E-state index contributed by atoms with van der Waals surface area (Å²) in [5.41, 5.74) is 1.10. The number of hydrogen-bond acceptors (Lipinski definition) is 3. The van der Waals surface area contributed by atoms with E-state index in [0.29, 0.717) is 16.7 Å². The second-order valence-electron chi connectivity index (χ2n) is 4.96. The van der Waals surface area contributed by atoms with Crippen molar-refractivity contribution >= 4 is 15.6 Å². The fourth-order valence-electron chi connectivity index (χ4n) is 2.13. The normalized spacial score (nSPS) is 11.7. The lowest BCUT2D eigenvalue weighted by molar-refractivity contribution is 0.101. The largest absolute Gasteiger partial charge is 0.295 e. The maximum Gasteiger partial charge on any atom is 0.265 e. The molecule has 2 aromatic rings. The van der Waals surface area contributed by atoms with Crippen LogP contribution in [-0.2, 0) is 9.84 Å². The predicted molar refractivity (Wildman–Crippen MR) is 79.9 cm³/mol. The summed E-state index contributed by atoms with van der Waals surface area (Å²) in [6.07, 6.45) is -1.99. The highest BCUT2D eigenvalue weighted by Gasteiger charge is 2.20. The molecule has 2 aromatic carbocycles. The molecule has 0 radical (unpaired) electrons. The minimum atomic E-state index is -3.72. The summed E-state index contributed by atoms with van der Waals surface area (Å²) in [6.45, 7) is 1.44. The van der Waals surface area contributed by atoms with Crippen LogP contribution in [0, 0.1) is 0 Å². The molecule has 0 bridgehead atoms. The number of rotatable bonds is 4. The lowest BCUT2D eigenvalue weighted by Crippen LogP contribution is -2.03. The van der Waals surface area contributed by atoms with Crippen LogP contribution in [0.2, 0.25) is 0 Å². The van der Waals surface area contributed by atoms with Crippen LogP contribution in [0.15, 0.2) is 47.4 Å². The molecular weight excluding hydrogens is 310 g/mol. The number of alkyl halides is 2. The van der Waals surface area contributed by atoms with Crippen molar-refractivity contribution in [2.75, 3.05) is 6.26 Å². The maximum absolute atomic E-state index is 13.1. The summed E-state index contributed by atoms with van der Waals surface area (Å²) in [5.74, 6) is -0.0905. The van der Waals surface area contributed by atoms with Crippen molar-refractivity contribution in [3.8, 4) is 11.1 Å². The van der Waals surface area contributed by atoms with Crippen LogP contribution in [0.1, 0.15) is 29.3 Å². The number of hydrogen-bond donors (Lipinski definition) is 0. The van der Waals surface area contributed by atoms with E-state index in [0.717, 1.165) is 6.26 Å². The number of Topliss-reactive ketones (excluding diaryl/α,β-unsaturated/α-hetero) is 1. The molecule has 0 saturated heterocycles. The van der Waals surface area contributed by atoms with Crippen molar-refractivity contribution in [1.29, 1.82) is 0 Å². The first kappa shape index (κ1) is 16.3. The zero-order valence-electron chi connectivity index (χ0n) is 12.0. The van der Waals surface area contributed by atoms with Gasteiger partial charge in [-0.1, -0.05) is 30.3 Å². The molecule has 6 heteroatoms. The van der Waals surface area contributed by atoms with E-state index in [1.807, 2.05) is 0 Å². The lowest BCUT2D eigenvalue weighted by atomic mass is 10.0. The van der Waals surface area contributed by atoms with Crippen molar-refractivity contribution in [3.05, 3.63) is 53.6 Å². The van der Waals surface area contributed by atoms with Crippen LogP contribution < -0.4 is 0 Å². The number of benzene rings is 2. The molecule has 0 unspecified atom stereocenters. The Kier molecular flexibility index (Phi) is 4.42. The lowest BCUT2D eigenvalue weighted by Gasteiger charge is -2.10. The molecule has 2 rings (SSSR count). The van der Waals surface area contributed by atoms with Crippen molar-refractivity contribution < 1.29 is 22.0 Å². The topological polar surface area (TPSA) is 51.2 Å². The fourth-order valence-corrected chi connectivity index (χ4v) is 3.03. The number of carbonyl (C=O) groups excluding carboxylic acids is 1. The smallest absolute Gasteiger partial charge is 0.265 e. The molecule has 0 fully saturated rings. The van der Waals surface area contributed by atoms with E-state index < -0.39 is 21.8 Å². The molecule has 0 N–H and O–H groups in total. The van der Waals surface area contributed by atoms with E-state index in [1.165, 1.54) is 25.1 Å². The minimum Gasteiger partial charge on any atom is -0.295 e. The summed E-state index contributed by atoms with van der Waals surface area (Å²) in [4.78, 5) is 10.9. The third-order valence-corrected chi connectivity index (χ3v) is 4.44. The number of halogens is 2. The molecule has 116 valence electrons. The summed E-state index contributed by atoms with van der Waals surface area (Å²) in [6, 6.07) is 10.3. The Labute approximate surface area is 127 Å². The Morgan fingerprint density at radius 1 is 1.00 bits per heavy atom. The first-order valence-corrected chi connectivity index (χ1v) is 8.33. The zero-order valence-corrected chi connectivity index (χ0v) is 12.8. The van der Waals surface area contributed by atoms with Gasteiger partial charge in [-0.25, -0.2) is 17.2 Å². The van der Waals surface area contributed by atoms with Crippen LogP contribution in [0.5, 0.6) is 0 Å². The Morgan fingerprint density at radius 2 is 1.55 bits per heavy atom. The van der Waals surface area contributed by atoms with Crippen molar-refractivity contribution in [2.45, 2.75) is 18.2 Å². The van der Waals surface area contributed by atoms with E-state index in [2.05, 4.69) is 0 Å². The van der Waals surface area contributed by atoms with Gasteiger partial charge in [0.25, 0.3) is 6.43 Å². The monoisotopic (exact) mass is 324 g/mol. The standard InChI is InChI=1S/C16H14F2O3S/c1-10(19)11-3-5-12(6-4-11)13-7-8-15(22(2,20)21)14(9-13)16(17)18/h3-9,16H,1-2H3. The summed E-state index contributed by atoms with van der Waals surface area (Å²) in [5, 5.41) is 0. The highest BCUT2D eigenvalue weighted by Crippen LogP contribution is 2.31. The van der Waals surface area contributed by atoms with Crippen molar-refractivity contribution in [2.24, 2.45) is 0 Å². The van der Waals surface area contributed by atoms with Crippen LogP contribution >= 0.6 is 0 Å². The average molecular weight is 324 g/mol. The van der Waals surface area contributed by atoms with Crippen molar-refractivity contribution in [3.63, 3.8) is 0 Å². The summed E-state index contributed by atoms with van der Waals surface area (Å²) in [7, 11) is -3.72. The summed E-state index contributed by atoms with van der Waals surface area (Å²) < 4.78 is 49.3. The molecule has 0 atom stereocenters. The van der Waals surface area contributed by atoms with Crippen molar-refractivity contribution in [1.82, 2.24) is 0 Å². The van der Waals surface area contributed by atoms with E-state index in [4.69, 9.17) is 0 Å². The second-order valence-corrected chi connectivity index (χ2v) is 6.94. The van der Waals surface area contributed by atoms with Gasteiger partial charge in [-0.05, 0) is 30.2 Å². The van der Waals surface area contributed by atoms with Crippen LogP contribution in [0.4, 0.5) is 8.78 Å². The molecule has 0 saturated carbocycles. The number of sulfone groups is 1. The molecule has 0 amide bonds. The fraction of sp³-hybridized carbons (Fsp3) is 0.188. The van der Waals surface area contributed by atoms with Gasteiger partial charge in [-0.3, -0.25) is 4.79 Å². The molecule has 3 nitrogen and oxygen atoms in total. The molecule has 0 aliphatic heterocycles. The average Bonchev–Trinajstić information content (AvgIpc) is 2.45. The Morgan fingerprint density at radius 3 is 2.00 bits per heavy atom. The van der Waals surface area contributed by atoms with Gasteiger partial charge in [0.15, 0.2) is 15.6 Å². The maximum atomic E-state index is 13.1. The van der Waals surface area contributed by atoms with Crippen LogP contribution in [0.25, 0.3) is 11.1 Å². The molecule has 0 heterocycles. The third-order valence-electron chi connectivity index (χ3n) is 3.27. The third kappa shape index (κ3) is 3.39. The van der Waals surface area contributed by atoms with Gasteiger partial charge in [0, 0.05) is 17.4 Å². The second kappa shape index (κ2) is 5.96. The summed E-state index contributed by atoms with van der Waals surface area (Å²) >= 11 is 0. The van der Waals surface area contributed by atoms with Gasteiger partial charge < -0.3 is 0 Å². The predicted octanol–water partition coefficient (Wildman–Crippen LogP) is 3.90. The highest BCUT2D eigenvalue weighted by molar-refractivity contribution is 7.90. The van der Waals surface area contributed by atoms with Crippen LogP contribution in [-0.4, -0.2) is 20.5 Å². The zero-order chi connectivity index (χ0) is 16.5. The Bertz CT molecular complexity index is 810. The first-order valence-electron chi connectivity index (χ1n) is 6.43. The molecule has 22 heavy (non-hydrogen) atoms. The Hall–Kier alpha value is -2.08. The first-order chi connectivity index (χ1) is 10.2. The molecular formula is C16H14F2O3S. The molecule has 0 aliphatic carbocycles. The molecule has 0 spiro atoms. The quantitative estimate of drug-likeness (QED) is 0.802. The van der Waals surface area contributed by atoms with Gasteiger partial charge >= 0.3 is 0 Å². The van der Waals surface area contributed by atoms with E-state index >= 15 is 0 Å². The van der Waals surface area contributed by atoms with E-state index in [9.17, 15) is 22.0 Å². The van der Waals surface area contributed by atoms with Gasteiger partial charge in [0.2, 0.25) is 0 Å². The van der Waals surface area contributed by atoms with Gasteiger partial charge in [0.05, 0.1) is 4.90 Å². The number of ketones is 1. The SMILES string of the molecule is CC(=O)c1ccc(-c2ccc(S(C)(=O)=O)c(C(F)F)c2)cc1. The van der Waals surface area contributed by atoms with Crippen LogP contribution in [0.3, 0.4) is 0 Å². The highest BCUT2D eigenvalue weighted by atomic mass is 32.2. The Balaban J connectivity index is 2.53. The van der Waals surface area contributed by atoms with Gasteiger partial charge in [-0.15, -0.1) is 0 Å². The number of carbonyl (C=O) groups is 1. The molecule has 0 aromatic heterocycles. The van der Waals surface area contributed by atoms with E-state index in [-0.39, 0.29) is 10.7 Å².